The molecule has 2 saturated carbocycles. The molecule has 3 N–H and O–H groups in total. The van der Waals surface area contributed by atoms with Crippen molar-refractivity contribution in [3.8, 4) is 0 Å². The van der Waals surface area contributed by atoms with Gasteiger partial charge in [0.1, 0.15) is 0 Å². The van der Waals surface area contributed by atoms with Gasteiger partial charge in [0.25, 0.3) is 0 Å². The van der Waals surface area contributed by atoms with Crippen LogP contribution in [0.5, 0.6) is 0 Å². The Balaban J connectivity index is 1.59. The number of sulfonamides is 1. The van der Waals surface area contributed by atoms with Crippen molar-refractivity contribution in [2.75, 3.05) is 5.75 Å². The van der Waals surface area contributed by atoms with Crippen molar-refractivity contribution < 1.29 is 18.6 Å². The first-order valence-electron chi connectivity index (χ1n) is 9.10. The minimum Gasteiger partial charge on any atom is -0.392 e. The summed E-state index contributed by atoms with van der Waals surface area (Å²) >= 11 is 0. The van der Waals surface area contributed by atoms with Crippen LogP contribution >= 0.6 is 0 Å². The lowest BCUT2D eigenvalue weighted by molar-refractivity contribution is 0.0150. The normalized spacial score (nSPS) is 38.9. The molecule has 0 saturated heterocycles. The molecule has 0 aliphatic heterocycles. The van der Waals surface area contributed by atoms with Crippen LogP contribution in [0, 0.1) is 16.7 Å². The van der Waals surface area contributed by atoms with E-state index in [2.05, 4.69) is 18.6 Å². The third kappa shape index (κ3) is 2.49. The first-order chi connectivity index (χ1) is 11.7. The highest BCUT2D eigenvalue weighted by Crippen LogP contribution is 2.66. The van der Waals surface area contributed by atoms with E-state index in [4.69, 9.17) is 0 Å². The number of hydrogen-bond donors (Lipinski definition) is 3. The van der Waals surface area contributed by atoms with Gasteiger partial charge in [-0.2, -0.15) is 0 Å². The Labute approximate surface area is 149 Å². The van der Waals surface area contributed by atoms with Crippen LogP contribution < -0.4 is 4.72 Å². The third-order valence-corrected chi connectivity index (χ3v) is 8.85. The van der Waals surface area contributed by atoms with Crippen molar-refractivity contribution in [1.82, 2.24) is 4.72 Å². The minimum absolute atomic E-state index is 0.0734. The third-order valence-electron chi connectivity index (χ3n) is 7.35. The monoisotopic (exact) mass is 365 g/mol. The highest BCUT2D eigenvalue weighted by molar-refractivity contribution is 7.89. The quantitative estimate of drug-likeness (QED) is 0.759. The maximum Gasteiger partial charge on any atom is 0.212 e. The van der Waals surface area contributed by atoms with Gasteiger partial charge in [0.05, 0.1) is 24.0 Å². The molecule has 5 atom stereocenters. The summed E-state index contributed by atoms with van der Waals surface area (Å²) in [4.78, 5) is 0. The molecule has 0 amide bonds. The molecule has 0 aromatic heterocycles. The van der Waals surface area contributed by atoms with E-state index in [0.29, 0.717) is 18.8 Å². The molecule has 5 nitrogen and oxygen atoms in total. The second kappa shape index (κ2) is 5.52. The Bertz CT molecular complexity index is 790. The van der Waals surface area contributed by atoms with E-state index >= 15 is 0 Å². The molecule has 2 bridgehead atoms. The van der Waals surface area contributed by atoms with E-state index in [0.717, 1.165) is 24.0 Å². The van der Waals surface area contributed by atoms with Gasteiger partial charge in [-0.25, -0.2) is 13.1 Å². The summed E-state index contributed by atoms with van der Waals surface area (Å²) in [6.07, 6.45) is 1.56. The fraction of sp³-hybridized carbons (Fsp3) is 0.684. The van der Waals surface area contributed by atoms with Gasteiger partial charge in [0, 0.05) is 11.8 Å². The summed E-state index contributed by atoms with van der Waals surface area (Å²) < 4.78 is 28.7. The Kier molecular flexibility index (Phi) is 3.86. The lowest BCUT2D eigenvalue weighted by atomic mass is 9.70. The molecule has 2 fully saturated rings. The number of rotatable bonds is 4. The maximum absolute atomic E-state index is 13.0. The zero-order valence-electron chi connectivity index (χ0n) is 14.8. The Hall–Kier alpha value is -0.950. The molecule has 1 aromatic carbocycles. The molecule has 3 aliphatic carbocycles. The lowest BCUT2D eigenvalue weighted by Gasteiger charge is -2.40. The van der Waals surface area contributed by atoms with Crippen molar-refractivity contribution >= 4 is 10.0 Å². The number of benzene rings is 1. The fourth-order valence-corrected chi connectivity index (χ4v) is 7.81. The molecule has 0 spiro atoms. The van der Waals surface area contributed by atoms with Gasteiger partial charge in [-0.15, -0.1) is 0 Å². The maximum atomic E-state index is 13.0. The molecule has 5 unspecified atom stereocenters. The summed E-state index contributed by atoms with van der Waals surface area (Å²) in [6.45, 7) is 4.19. The lowest BCUT2D eigenvalue weighted by Crippen LogP contribution is -2.48. The molecule has 25 heavy (non-hydrogen) atoms. The van der Waals surface area contributed by atoms with E-state index < -0.39 is 33.7 Å². The first kappa shape index (κ1) is 17.5. The number of fused-ring (bicyclic) bond motifs is 3. The van der Waals surface area contributed by atoms with Gasteiger partial charge in [-0.3, -0.25) is 0 Å². The van der Waals surface area contributed by atoms with Crippen molar-refractivity contribution in [2.45, 2.75) is 57.8 Å². The second-order valence-electron chi connectivity index (χ2n) is 8.69. The summed E-state index contributed by atoms with van der Waals surface area (Å²) in [6, 6.07) is 6.96. The van der Waals surface area contributed by atoms with Crippen molar-refractivity contribution in [3.63, 3.8) is 0 Å². The van der Waals surface area contributed by atoms with E-state index in [1.54, 1.807) is 0 Å². The van der Waals surface area contributed by atoms with Crippen LogP contribution in [0.25, 0.3) is 0 Å². The van der Waals surface area contributed by atoms with E-state index in [1.165, 1.54) is 0 Å². The molecule has 3 aliphatic rings. The van der Waals surface area contributed by atoms with Crippen LogP contribution in [0.1, 0.15) is 50.3 Å². The van der Waals surface area contributed by atoms with E-state index in [9.17, 15) is 18.6 Å². The number of aliphatic hydroxyl groups is 2. The summed E-state index contributed by atoms with van der Waals surface area (Å²) in [5.74, 6) is 0.311. The van der Waals surface area contributed by atoms with E-state index in [-0.39, 0.29) is 11.2 Å². The summed E-state index contributed by atoms with van der Waals surface area (Å²) in [5, 5.41) is 20.9. The average Bonchev–Trinajstić information content (AvgIpc) is 3.02. The van der Waals surface area contributed by atoms with Gasteiger partial charge < -0.3 is 10.2 Å². The van der Waals surface area contributed by atoms with Gasteiger partial charge in [0.15, 0.2) is 0 Å². The number of aliphatic hydroxyl groups excluding tert-OH is 2. The number of nitrogens with one attached hydrogen (secondary N) is 1. The standard InChI is InChI=1S/C19H27NO4S/c1-18(2)13-7-8-19(18,16(22)10-13)11-25(23,24)20-17-14-6-4-3-5-12(14)9-15(17)21/h3-6,13,15-17,20-22H,7-11H2,1-2H3. The zero-order valence-corrected chi connectivity index (χ0v) is 15.6. The van der Waals surface area contributed by atoms with Gasteiger partial charge in [-0.05, 0) is 41.7 Å². The Morgan fingerprint density at radius 1 is 1.24 bits per heavy atom. The summed E-state index contributed by atoms with van der Waals surface area (Å²) in [7, 11) is -3.64. The van der Waals surface area contributed by atoms with Crippen LogP contribution in [-0.2, 0) is 16.4 Å². The summed E-state index contributed by atoms with van der Waals surface area (Å²) in [5.41, 5.74) is 1.06. The van der Waals surface area contributed by atoms with Gasteiger partial charge >= 0.3 is 0 Å². The topological polar surface area (TPSA) is 86.6 Å². The van der Waals surface area contributed by atoms with Gasteiger partial charge in [0.2, 0.25) is 10.0 Å². The van der Waals surface area contributed by atoms with Crippen LogP contribution in [0.4, 0.5) is 0 Å². The molecule has 4 rings (SSSR count). The SMILES string of the molecule is CC1(C)C2CCC1(CS(=O)(=O)NC1c3ccccc3CC1O)C(O)C2. The van der Waals surface area contributed by atoms with Crippen LogP contribution in [0.15, 0.2) is 24.3 Å². The molecule has 0 heterocycles. The van der Waals surface area contributed by atoms with Crippen molar-refractivity contribution in [3.05, 3.63) is 35.4 Å². The molecular formula is C19H27NO4S. The molecular weight excluding hydrogens is 338 g/mol. The fourth-order valence-electron chi connectivity index (χ4n) is 5.67. The smallest absolute Gasteiger partial charge is 0.212 e. The zero-order chi connectivity index (χ0) is 18.0. The molecule has 6 heteroatoms. The largest absolute Gasteiger partial charge is 0.392 e. The molecule has 138 valence electrons. The van der Waals surface area contributed by atoms with E-state index in [1.807, 2.05) is 24.3 Å². The predicted molar refractivity (Wildman–Crippen MR) is 95.4 cm³/mol. The van der Waals surface area contributed by atoms with Crippen LogP contribution in [0.3, 0.4) is 0 Å². The predicted octanol–water partition coefficient (Wildman–Crippen LogP) is 1.75. The van der Waals surface area contributed by atoms with Crippen molar-refractivity contribution in [1.29, 1.82) is 0 Å². The molecule has 0 radical (unpaired) electrons. The highest BCUT2D eigenvalue weighted by atomic mass is 32.2. The first-order valence-corrected chi connectivity index (χ1v) is 10.8. The minimum atomic E-state index is -3.64. The van der Waals surface area contributed by atoms with Crippen molar-refractivity contribution in [2.24, 2.45) is 16.7 Å². The van der Waals surface area contributed by atoms with Crippen LogP contribution in [-0.4, -0.2) is 36.6 Å². The average molecular weight is 365 g/mol. The molecule has 1 aromatic rings. The second-order valence-corrected chi connectivity index (χ2v) is 10.4. The Morgan fingerprint density at radius 3 is 2.60 bits per heavy atom. The Morgan fingerprint density at radius 2 is 1.96 bits per heavy atom. The van der Waals surface area contributed by atoms with Gasteiger partial charge in [-0.1, -0.05) is 38.1 Å². The van der Waals surface area contributed by atoms with Crippen LogP contribution in [0.2, 0.25) is 0 Å². The highest BCUT2D eigenvalue weighted by Gasteiger charge is 2.65. The number of hydrogen-bond acceptors (Lipinski definition) is 4.